The first-order valence-electron chi connectivity index (χ1n) is 6.32. The van der Waals surface area contributed by atoms with E-state index in [0.717, 1.165) is 41.0 Å². The summed E-state index contributed by atoms with van der Waals surface area (Å²) in [6.07, 6.45) is 4.66. The summed E-state index contributed by atoms with van der Waals surface area (Å²) in [6, 6.07) is 6.26. The van der Waals surface area contributed by atoms with E-state index in [2.05, 4.69) is 45.3 Å². The maximum absolute atomic E-state index is 5.73. The molecule has 0 unspecified atom stereocenters. The fourth-order valence-corrected chi connectivity index (χ4v) is 2.89. The molecule has 1 aliphatic rings. The molecule has 0 spiro atoms. The molecule has 2 aromatic rings. The first-order valence-corrected chi connectivity index (χ1v) is 7.12. The van der Waals surface area contributed by atoms with Gasteiger partial charge in [-0.15, -0.1) is 0 Å². The number of pyridine rings is 1. The number of benzene rings is 1. The van der Waals surface area contributed by atoms with Crippen molar-refractivity contribution in [3.05, 3.63) is 51.8 Å². The zero-order chi connectivity index (χ0) is 13.2. The van der Waals surface area contributed by atoms with Crippen LogP contribution in [0.25, 0.3) is 0 Å². The van der Waals surface area contributed by atoms with E-state index in [4.69, 9.17) is 4.74 Å². The maximum atomic E-state index is 5.73. The van der Waals surface area contributed by atoms with Gasteiger partial charge in [0.1, 0.15) is 5.75 Å². The van der Waals surface area contributed by atoms with Crippen LogP contribution in [-0.2, 0) is 13.0 Å². The van der Waals surface area contributed by atoms with Gasteiger partial charge in [-0.1, -0.05) is 15.9 Å². The lowest BCUT2D eigenvalue weighted by Crippen LogP contribution is -2.03. The van der Waals surface area contributed by atoms with Crippen molar-refractivity contribution in [3.63, 3.8) is 0 Å². The third-order valence-electron chi connectivity index (χ3n) is 3.31. The Kier molecular flexibility index (Phi) is 3.42. The van der Waals surface area contributed by atoms with Crippen molar-refractivity contribution in [1.82, 2.24) is 4.98 Å². The van der Waals surface area contributed by atoms with Gasteiger partial charge >= 0.3 is 0 Å². The molecule has 0 amide bonds. The number of ether oxygens (including phenoxy) is 1. The zero-order valence-corrected chi connectivity index (χ0v) is 12.3. The van der Waals surface area contributed by atoms with Crippen LogP contribution in [0.5, 0.6) is 5.75 Å². The Labute approximate surface area is 121 Å². The number of aromatic nitrogens is 1. The van der Waals surface area contributed by atoms with Crippen molar-refractivity contribution >= 4 is 21.6 Å². The fraction of sp³-hybridized carbons (Fsp3) is 0.267. The van der Waals surface area contributed by atoms with Gasteiger partial charge in [-0.3, -0.25) is 4.98 Å². The lowest BCUT2D eigenvalue weighted by molar-refractivity contribution is 0.354. The maximum Gasteiger partial charge on any atom is 0.127 e. The molecule has 0 bridgehead atoms. The van der Waals surface area contributed by atoms with Crippen molar-refractivity contribution in [1.29, 1.82) is 0 Å². The standard InChI is InChI=1S/C15H15BrN2O/c1-10-8-17-4-2-14(10)18-9-12-7-13(16)6-11-3-5-19-15(11)12/h2,4,6-8H,3,5,9H2,1H3,(H,17,18). The first-order chi connectivity index (χ1) is 9.24. The van der Waals surface area contributed by atoms with Crippen molar-refractivity contribution in [2.24, 2.45) is 0 Å². The topological polar surface area (TPSA) is 34.2 Å². The quantitative estimate of drug-likeness (QED) is 0.937. The molecule has 0 saturated carbocycles. The van der Waals surface area contributed by atoms with Gasteiger partial charge in [0.25, 0.3) is 0 Å². The SMILES string of the molecule is Cc1cnccc1NCc1cc(Br)cc2c1OCC2. The molecule has 0 saturated heterocycles. The van der Waals surface area contributed by atoms with Gasteiger partial charge in [-0.25, -0.2) is 0 Å². The molecule has 1 aliphatic heterocycles. The summed E-state index contributed by atoms with van der Waals surface area (Å²) in [5, 5.41) is 3.45. The number of halogens is 1. The lowest BCUT2D eigenvalue weighted by atomic mass is 10.1. The zero-order valence-electron chi connectivity index (χ0n) is 10.7. The predicted octanol–water partition coefficient (Wildman–Crippen LogP) is 3.70. The van der Waals surface area contributed by atoms with E-state index in [9.17, 15) is 0 Å². The number of hydrogen-bond donors (Lipinski definition) is 1. The second kappa shape index (κ2) is 5.21. The van der Waals surface area contributed by atoms with Gasteiger partial charge in [-0.2, -0.15) is 0 Å². The number of fused-ring (bicyclic) bond motifs is 1. The van der Waals surface area contributed by atoms with Gasteiger partial charge in [0.2, 0.25) is 0 Å². The summed E-state index contributed by atoms with van der Waals surface area (Å²) in [4.78, 5) is 4.10. The molecule has 2 heterocycles. The summed E-state index contributed by atoms with van der Waals surface area (Å²) in [5.41, 5.74) is 4.74. The van der Waals surface area contributed by atoms with Crippen LogP contribution in [0.1, 0.15) is 16.7 Å². The molecule has 3 rings (SSSR count). The van der Waals surface area contributed by atoms with E-state index in [0.29, 0.717) is 0 Å². The number of anilines is 1. The largest absolute Gasteiger partial charge is 0.493 e. The second-order valence-corrected chi connectivity index (χ2v) is 5.61. The summed E-state index contributed by atoms with van der Waals surface area (Å²) in [7, 11) is 0. The average molecular weight is 319 g/mol. The molecule has 1 N–H and O–H groups in total. The molecule has 19 heavy (non-hydrogen) atoms. The molecule has 1 aromatic carbocycles. The Morgan fingerprint density at radius 3 is 3.16 bits per heavy atom. The lowest BCUT2D eigenvalue weighted by Gasteiger charge is -2.12. The Bertz CT molecular complexity index is 613. The Hall–Kier alpha value is -1.55. The Balaban J connectivity index is 1.83. The highest BCUT2D eigenvalue weighted by atomic mass is 79.9. The highest BCUT2D eigenvalue weighted by molar-refractivity contribution is 9.10. The minimum absolute atomic E-state index is 0.757. The highest BCUT2D eigenvalue weighted by Gasteiger charge is 2.17. The number of aryl methyl sites for hydroxylation is 1. The highest BCUT2D eigenvalue weighted by Crippen LogP contribution is 2.33. The van der Waals surface area contributed by atoms with E-state index >= 15 is 0 Å². The van der Waals surface area contributed by atoms with Crippen LogP contribution in [0.15, 0.2) is 35.1 Å². The van der Waals surface area contributed by atoms with Crippen molar-refractivity contribution < 1.29 is 4.74 Å². The molecular formula is C15H15BrN2O. The van der Waals surface area contributed by atoms with E-state index < -0.39 is 0 Å². The normalized spacial score (nSPS) is 12.9. The van der Waals surface area contributed by atoms with Gasteiger partial charge in [0, 0.05) is 41.1 Å². The molecule has 98 valence electrons. The minimum Gasteiger partial charge on any atom is -0.493 e. The molecule has 0 fully saturated rings. The van der Waals surface area contributed by atoms with E-state index in [1.165, 1.54) is 11.1 Å². The number of hydrogen-bond acceptors (Lipinski definition) is 3. The van der Waals surface area contributed by atoms with E-state index in [1.807, 2.05) is 12.3 Å². The predicted molar refractivity (Wildman–Crippen MR) is 79.6 cm³/mol. The van der Waals surface area contributed by atoms with Gasteiger partial charge in [0.05, 0.1) is 6.61 Å². The van der Waals surface area contributed by atoms with Crippen LogP contribution in [0.3, 0.4) is 0 Å². The summed E-state index contributed by atoms with van der Waals surface area (Å²) in [5.74, 6) is 1.04. The Morgan fingerprint density at radius 1 is 1.42 bits per heavy atom. The van der Waals surface area contributed by atoms with Crippen molar-refractivity contribution in [3.8, 4) is 5.75 Å². The molecule has 0 radical (unpaired) electrons. The van der Waals surface area contributed by atoms with Gasteiger partial charge in [0.15, 0.2) is 0 Å². The van der Waals surface area contributed by atoms with Crippen LogP contribution in [0.2, 0.25) is 0 Å². The van der Waals surface area contributed by atoms with E-state index in [-0.39, 0.29) is 0 Å². The van der Waals surface area contributed by atoms with E-state index in [1.54, 1.807) is 6.20 Å². The van der Waals surface area contributed by atoms with Crippen LogP contribution < -0.4 is 10.1 Å². The molecule has 3 nitrogen and oxygen atoms in total. The molecule has 0 aliphatic carbocycles. The minimum atomic E-state index is 0.757. The average Bonchev–Trinajstić information content (AvgIpc) is 2.85. The number of nitrogens with zero attached hydrogens (tertiary/aromatic N) is 1. The van der Waals surface area contributed by atoms with Crippen LogP contribution >= 0.6 is 15.9 Å². The van der Waals surface area contributed by atoms with Crippen molar-refractivity contribution in [2.45, 2.75) is 19.9 Å². The molecular weight excluding hydrogens is 304 g/mol. The molecule has 1 aromatic heterocycles. The van der Waals surface area contributed by atoms with Crippen molar-refractivity contribution in [2.75, 3.05) is 11.9 Å². The summed E-state index contributed by atoms with van der Waals surface area (Å²) in [6.45, 7) is 3.59. The summed E-state index contributed by atoms with van der Waals surface area (Å²) < 4.78 is 6.84. The van der Waals surface area contributed by atoms with Crippen LogP contribution in [-0.4, -0.2) is 11.6 Å². The first kappa shape index (κ1) is 12.5. The third kappa shape index (κ3) is 2.59. The Morgan fingerprint density at radius 2 is 2.32 bits per heavy atom. The third-order valence-corrected chi connectivity index (χ3v) is 3.77. The molecule has 0 atom stereocenters. The monoisotopic (exact) mass is 318 g/mol. The number of nitrogens with one attached hydrogen (secondary N) is 1. The molecule has 4 heteroatoms. The summed E-state index contributed by atoms with van der Waals surface area (Å²) >= 11 is 3.56. The second-order valence-electron chi connectivity index (χ2n) is 4.70. The van der Waals surface area contributed by atoms with Gasteiger partial charge < -0.3 is 10.1 Å². The van der Waals surface area contributed by atoms with Crippen LogP contribution in [0, 0.1) is 6.92 Å². The smallest absolute Gasteiger partial charge is 0.127 e. The number of rotatable bonds is 3. The van der Waals surface area contributed by atoms with Gasteiger partial charge in [-0.05, 0) is 36.2 Å². The van der Waals surface area contributed by atoms with Crippen LogP contribution in [0.4, 0.5) is 5.69 Å². The fourth-order valence-electron chi connectivity index (χ4n) is 2.34.